The van der Waals surface area contributed by atoms with Crippen LogP contribution in [0.1, 0.15) is 5.56 Å². The molecular weight excluding hydrogens is 274 g/mol. The van der Waals surface area contributed by atoms with E-state index in [1.54, 1.807) is 12.1 Å². The van der Waals surface area contributed by atoms with Crippen LogP contribution in [0.15, 0.2) is 53.4 Å². The van der Waals surface area contributed by atoms with Gasteiger partial charge in [0.2, 0.25) is 0 Å². The van der Waals surface area contributed by atoms with Gasteiger partial charge in [-0.3, -0.25) is 0 Å². The molecule has 0 saturated carbocycles. The molecule has 6 heteroatoms. The largest absolute Gasteiger partial charge is 0.486 e. The van der Waals surface area contributed by atoms with Crippen molar-refractivity contribution in [2.24, 2.45) is 0 Å². The van der Waals surface area contributed by atoms with Gasteiger partial charge in [-0.15, -0.1) is 3.89 Å². The highest BCUT2D eigenvalue weighted by Crippen LogP contribution is 2.23. The third-order valence-corrected chi connectivity index (χ3v) is 3.24. The van der Waals surface area contributed by atoms with Crippen molar-refractivity contribution in [1.82, 2.24) is 0 Å². The quantitative estimate of drug-likeness (QED) is 0.810. The van der Waals surface area contributed by atoms with Crippen molar-refractivity contribution in [2.45, 2.75) is 11.5 Å². The molecule has 0 bridgehead atoms. The lowest BCUT2D eigenvalue weighted by Crippen LogP contribution is -1.99. The van der Waals surface area contributed by atoms with Crippen molar-refractivity contribution in [3.8, 4) is 5.75 Å². The summed E-state index contributed by atoms with van der Waals surface area (Å²) in [6.07, 6.45) is 0. The molecule has 0 spiro atoms. The number of hydrogen-bond donors (Lipinski definition) is 0. The SMILES string of the molecule is O=S(=O)(F)c1ccc(OCc2ccccc2)c(F)c1. The summed E-state index contributed by atoms with van der Waals surface area (Å²) in [7, 11) is -4.90. The maximum atomic E-state index is 13.5. The molecule has 19 heavy (non-hydrogen) atoms. The van der Waals surface area contributed by atoms with E-state index >= 15 is 0 Å². The normalized spacial score (nSPS) is 11.3. The first kappa shape index (κ1) is 13.5. The van der Waals surface area contributed by atoms with E-state index in [0.717, 1.165) is 17.7 Å². The fourth-order valence-corrected chi connectivity index (χ4v) is 1.96. The molecule has 0 aliphatic rings. The second-order valence-electron chi connectivity index (χ2n) is 3.80. The summed E-state index contributed by atoms with van der Waals surface area (Å²) in [6, 6.07) is 11.7. The van der Waals surface area contributed by atoms with E-state index in [0.29, 0.717) is 6.07 Å². The first-order valence-electron chi connectivity index (χ1n) is 5.38. The van der Waals surface area contributed by atoms with Gasteiger partial charge in [-0.05, 0) is 23.8 Å². The second kappa shape index (κ2) is 5.36. The molecule has 2 aromatic rings. The van der Waals surface area contributed by atoms with Crippen LogP contribution in [0.4, 0.5) is 8.28 Å². The Balaban J connectivity index is 2.14. The fraction of sp³-hybridized carbons (Fsp3) is 0.0769. The molecule has 0 fully saturated rings. The summed E-state index contributed by atoms with van der Waals surface area (Å²) < 4.78 is 52.6. The minimum atomic E-state index is -4.90. The van der Waals surface area contributed by atoms with Gasteiger partial charge in [0.05, 0.1) is 0 Å². The molecule has 0 aliphatic heterocycles. The van der Waals surface area contributed by atoms with Crippen LogP contribution in [0.5, 0.6) is 5.75 Å². The molecule has 2 aromatic carbocycles. The Labute approximate surface area is 109 Å². The maximum absolute atomic E-state index is 13.5. The molecule has 0 heterocycles. The molecule has 3 nitrogen and oxygen atoms in total. The van der Waals surface area contributed by atoms with Gasteiger partial charge in [0.15, 0.2) is 11.6 Å². The number of benzene rings is 2. The lowest BCUT2D eigenvalue weighted by Gasteiger charge is -2.07. The van der Waals surface area contributed by atoms with Crippen LogP contribution < -0.4 is 4.74 Å². The molecule has 0 aromatic heterocycles. The van der Waals surface area contributed by atoms with E-state index in [9.17, 15) is 16.7 Å². The summed E-state index contributed by atoms with van der Waals surface area (Å²) in [5.41, 5.74) is 0.837. The summed E-state index contributed by atoms with van der Waals surface area (Å²) in [5, 5.41) is 0. The van der Waals surface area contributed by atoms with Gasteiger partial charge in [-0.2, -0.15) is 8.42 Å². The molecule has 0 unspecified atom stereocenters. The molecule has 0 aliphatic carbocycles. The van der Waals surface area contributed by atoms with Crippen molar-refractivity contribution in [2.75, 3.05) is 0 Å². The molecule has 0 N–H and O–H groups in total. The number of halogens is 2. The van der Waals surface area contributed by atoms with Crippen LogP contribution in [0.25, 0.3) is 0 Å². The molecule has 0 radical (unpaired) electrons. The Bertz CT molecular complexity index is 670. The van der Waals surface area contributed by atoms with Crippen molar-refractivity contribution < 1.29 is 21.4 Å². The number of rotatable bonds is 4. The zero-order chi connectivity index (χ0) is 13.9. The predicted octanol–water partition coefficient (Wildman–Crippen LogP) is 3.06. The van der Waals surface area contributed by atoms with Gasteiger partial charge in [-0.25, -0.2) is 4.39 Å². The third-order valence-electron chi connectivity index (χ3n) is 2.42. The van der Waals surface area contributed by atoms with Crippen LogP contribution in [-0.4, -0.2) is 8.42 Å². The zero-order valence-corrected chi connectivity index (χ0v) is 10.5. The van der Waals surface area contributed by atoms with Gasteiger partial charge in [0, 0.05) is 0 Å². The topological polar surface area (TPSA) is 43.4 Å². The summed E-state index contributed by atoms with van der Waals surface area (Å²) in [6.45, 7) is 0.138. The van der Waals surface area contributed by atoms with Gasteiger partial charge in [0.1, 0.15) is 11.5 Å². The molecule has 0 amide bonds. The van der Waals surface area contributed by atoms with Crippen molar-refractivity contribution in [3.63, 3.8) is 0 Å². The second-order valence-corrected chi connectivity index (χ2v) is 5.15. The lowest BCUT2D eigenvalue weighted by molar-refractivity contribution is 0.290. The van der Waals surface area contributed by atoms with Crippen molar-refractivity contribution >= 4 is 10.2 Å². The van der Waals surface area contributed by atoms with E-state index in [1.165, 1.54) is 0 Å². The van der Waals surface area contributed by atoms with E-state index in [-0.39, 0.29) is 12.4 Å². The van der Waals surface area contributed by atoms with E-state index in [2.05, 4.69) is 0 Å². The van der Waals surface area contributed by atoms with Gasteiger partial charge in [0.25, 0.3) is 0 Å². The van der Waals surface area contributed by atoms with Crippen molar-refractivity contribution in [3.05, 3.63) is 59.9 Å². The Hall–Kier alpha value is -1.95. The summed E-state index contributed by atoms with van der Waals surface area (Å²) in [5.74, 6) is -1.05. The first-order valence-corrected chi connectivity index (χ1v) is 6.76. The highest BCUT2D eigenvalue weighted by molar-refractivity contribution is 7.86. The minimum absolute atomic E-state index is 0.128. The predicted molar refractivity (Wildman–Crippen MR) is 65.5 cm³/mol. The Morgan fingerprint density at radius 1 is 1.05 bits per heavy atom. The molecule has 100 valence electrons. The average Bonchev–Trinajstić information content (AvgIpc) is 2.37. The van der Waals surface area contributed by atoms with Crippen molar-refractivity contribution in [1.29, 1.82) is 0 Å². The molecule has 0 saturated heterocycles. The molecule has 2 rings (SSSR count). The number of hydrogen-bond acceptors (Lipinski definition) is 3. The Morgan fingerprint density at radius 2 is 1.74 bits per heavy atom. The van der Waals surface area contributed by atoms with E-state index in [4.69, 9.17) is 4.74 Å². The van der Waals surface area contributed by atoms with Crippen LogP contribution in [0.3, 0.4) is 0 Å². The van der Waals surface area contributed by atoms with Crippen LogP contribution >= 0.6 is 0 Å². The van der Waals surface area contributed by atoms with Gasteiger partial charge >= 0.3 is 10.2 Å². The Kier molecular flexibility index (Phi) is 3.80. The van der Waals surface area contributed by atoms with Gasteiger partial charge < -0.3 is 4.74 Å². The monoisotopic (exact) mass is 284 g/mol. The minimum Gasteiger partial charge on any atom is -0.486 e. The zero-order valence-electron chi connectivity index (χ0n) is 9.71. The van der Waals surface area contributed by atoms with E-state index in [1.807, 2.05) is 18.2 Å². The van der Waals surface area contributed by atoms with Crippen LogP contribution in [0, 0.1) is 5.82 Å². The number of ether oxygens (including phenoxy) is 1. The fourth-order valence-electron chi connectivity index (χ4n) is 1.49. The summed E-state index contributed by atoms with van der Waals surface area (Å²) in [4.78, 5) is -0.725. The lowest BCUT2D eigenvalue weighted by atomic mass is 10.2. The van der Waals surface area contributed by atoms with Crippen LogP contribution in [0.2, 0.25) is 0 Å². The highest BCUT2D eigenvalue weighted by atomic mass is 32.3. The first-order chi connectivity index (χ1) is 8.97. The molecular formula is C13H10F2O3S. The highest BCUT2D eigenvalue weighted by Gasteiger charge is 2.15. The summed E-state index contributed by atoms with van der Waals surface area (Å²) >= 11 is 0. The third kappa shape index (κ3) is 3.51. The van der Waals surface area contributed by atoms with E-state index < -0.39 is 20.9 Å². The average molecular weight is 284 g/mol. The van der Waals surface area contributed by atoms with Gasteiger partial charge in [-0.1, -0.05) is 30.3 Å². The Morgan fingerprint density at radius 3 is 2.32 bits per heavy atom. The standard InChI is InChI=1S/C13H10F2O3S/c14-12-8-11(19(15,16)17)6-7-13(12)18-9-10-4-2-1-3-5-10/h1-8H,9H2. The smallest absolute Gasteiger partial charge is 0.332 e. The van der Waals surface area contributed by atoms with Crippen LogP contribution in [-0.2, 0) is 16.8 Å². The molecule has 0 atom stereocenters. The maximum Gasteiger partial charge on any atom is 0.332 e.